The molecule has 0 aromatic heterocycles. The second-order valence-corrected chi connectivity index (χ2v) is 23.3. The molecule has 4 atom stereocenters. The molecule has 5 heterocycles. The first-order valence-electron chi connectivity index (χ1n) is 24.0. The Morgan fingerprint density at radius 2 is 0.851 bits per heavy atom. The number of hydrogen-bond acceptors (Lipinski definition) is 4. The molecule has 0 radical (unpaired) electrons. The van der Waals surface area contributed by atoms with E-state index in [0.29, 0.717) is 21.0 Å². The second-order valence-electron chi connectivity index (χ2n) is 20.7. The minimum atomic E-state index is -0.132. The van der Waals surface area contributed by atoms with Crippen LogP contribution in [0.1, 0.15) is 130 Å². The molecule has 5 aliphatic heterocycles. The monoisotopic (exact) mass is 898 g/mol. The smallest absolute Gasteiger partial charge is 0.160 e. The topological polar surface area (TPSA) is 24.7 Å². The van der Waals surface area contributed by atoms with Crippen LogP contribution in [0.5, 0.6) is 0 Å². The van der Waals surface area contributed by atoms with Crippen molar-refractivity contribution in [2.75, 3.05) is 0 Å². The highest BCUT2D eigenvalue weighted by Gasteiger charge is 2.43. The third-order valence-corrected chi connectivity index (χ3v) is 18.9. The molecule has 2 nitrogen and oxygen atoms in total. The Morgan fingerprint density at radius 1 is 0.403 bits per heavy atom. The van der Waals surface area contributed by atoms with Crippen LogP contribution in [0.15, 0.2) is 179 Å². The summed E-state index contributed by atoms with van der Waals surface area (Å²) in [5, 5.41) is 1.92. The van der Waals surface area contributed by atoms with E-state index in [-0.39, 0.29) is 10.8 Å². The van der Waals surface area contributed by atoms with Gasteiger partial charge in [-0.1, -0.05) is 149 Å². The van der Waals surface area contributed by atoms with Crippen LogP contribution in [0.3, 0.4) is 0 Å². The molecule has 324 valence electrons. The number of hydrogen-bond donors (Lipinski definition) is 0. The number of thioether (sulfide) groups is 2. The van der Waals surface area contributed by atoms with E-state index < -0.39 is 0 Å². The van der Waals surface area contributed by atoms with E-state index >= 15 is 0 Å². The number of rotatable bonds is 5. The largest absolute Gasteiger partial charge is 0.232 e. The van der Waals surface area contributed by atoms with Crippen LogP contribution in [0.2, 0.25) is 0 Å². The molecule has 0 amide bonds. The fourth-order valence-electron chi connectivity index (χ4n) is 12.4. The maximum atomic E-state index is 5.61. The Balaban J connectivity index is 0.955. The Hall–Kier alpha value is -6.20. The van der Waals surface area contributed by atoms with Crippen LogP contribution in [0.4, 0.5) is 0 Å². The Labute approximate surface area is 402 Å². The molecule has 0 saturated carbocycles. The minimum Gasteiger partial charge on any atom is -0.232 e. The predicted molar refractivity (Wildman–Crippen MR) is 285 cm³/mol. The first-order valence-corrected chi connectivity index (χ1v) is 25.9. The molecule has 7 aromatic rings. The van der Waals surface area contributed by atoms with E-state index in [1.54, 1.807) is 0 Å². The van der Waals surface area contributed by atoms with E-state index in [1.807, 2.05) is 0 Å². The Bertz CT molecular complexity index is 3330. The molecule has 0 spiro atoms. The SMILES string of the molecule is C/C1=C(c2ccccc2)/N=C(c2cc(-c3ccc4c(c3)C(C)(C)c3cc5c(cc3-4)C3C=CC5S3)cc(-c3ccc4c(c3)C(C)(C)c3cc5c(cc3-4)C3C=CC5S3)c2)\N=C(\c2ccccc2)CC1. The van der Waals surface area contributed by atoms with Gasteiger partial charge in [0.05, 0.1) is 11.4 Å². The van der Waals surface area contributed by atoms with Crippen molar-refractivity contribution in [3.8, 4) is 44.5 Å². The highest BCUT2D eigenvalue weighted by molar-refractivity contribution is 8.00. The van der Waals surface area contributed by atoms with E-state index in [4.69, 9.17) is 9.98 Å². The van der Waals surface area contributed by atoms with Gasteiger partial charge in [0.2, 0.25) is 0 Å². The summed E-state index contributed by atoms with van der Waals surface area (Å²) >= 11 is 4.16. The van der Waals surface area contributed by atoms with Crippen LogP contribution >= 0.6 is 23.5 Å². The van der Waals surface area contributed by atoms with Crippen LogP contribution < -0.4 is 0 Å². The Kier molecular flexibility index (Phi) is 8.58. The summed E-state index contributed by atoms with van der Waals surface area (Å²) in [6, 6.07) is 53.2. The predicted octanol–water partition coefficient (Wildman–Crippen LogP) is 16.9. The van der Waals surface area contributed by atoms with E-state index in [0.717, 1.165) is 46.8 Å². The molecule has 7 aromatic carbocycles. The average Bonchev–Trinajstić information content (AvgIpc) is 4.22. The highest BCUT2D eigenvalue weighted by Crippen LogP contribution is 2.62. The third-order valence-electron chi connectivity index (χ3n) is 16.1. The quantitative estimate of drug-likeness (QED) is 0.161. The van der Waals surface area contributed by atoms with Crippen molar-refractivity contribution >= 4 is 40.8 Å². The molecule has 0 fully saturated rings. The molecule has 2 aliphatic carbocycles. The summed E-state index contributed by atoms with van der Waals surface area (Å²) in [6.45, 7) is 11.9. The van der Waals surface area contributed by atoms with Gasteiger partial charge in [-0.2, -0.15) is 0 Å². The van der Waals surface area contributed by atoms with Gasteiger partial charge in [-0.3, -0.25) is 0 Å². The van der Waals surface area contributed by atoms with E-state index in [9.17, 15) is 0 Å². The van der Waals surface area contributed by atoms with Crippen molar-refractivity contribution in [2.45, 2.75) is 79.3 Å². The molecule has 14 rings (SSSR count). The number of allylic oxidation sites excluding steroid dienone is 1. The van der Waals surface area contributed by atoms with Crippen molar-refractivity contribution < 1.29 is 0 Å². The van der Waals surface area contributed by atoms with Gasteiger partial charge in [-0.15, -0.1) is 23.5 Å². The third kappa shape index (κ3) is 5.98. The maximum Gasteiger partial charge on any atom is 0.160 e. The van der Waals surface area contributed by atoms with Crippen molar-refractivity contribution in [3.05, 3.63) is 231 Å². The summed E-state index contributed by atoms with van der Waals surface area (Å²) in [4.78, 5) is 11.2. The summed E-state index contributed by atoms with van der Waals surface area (Å²) < 4.78 is 0. The molecule has 4 unspecified atom stereocenters. The molecule has 0 saturated heterocycles. The molecule has 7 aliphatic rings. The lowest BCUT2D eigenvalue weighted by molar-refractivity contribution is 0.659. The van der Waals surface area contributed by atoms with Crippen LogP contribution in [-0.4, -0.2) is 11.5 Å². The van der Waals surface area contributed by atoms with Crippen molar-refractivity contribution in [2.24, 2.45) is 9.98 Å². The fourth-order valence-corrected chi connectivity index (χ4v) is 15.1. The number of fused-ring (bicyclic) bond motifs is 16. The summed E-state index contributed by atoms with van der Waals surface area (Å²) in [7, 11) is 0. The molecule has 67 heavy (non-hydrogen) atoms. The van der Waals surface area contributed by atoms with Gasteiger partial charge in [0.25, 0.3) is 0 Å². The van der Waals surface area contributed by atoms with Crippen LogP contribution in [-0.2, 0) is 10.8 Å². The number of aliphatic imine (C=N–C) groups is 2. The van der Waals surface area contributed by atoms with E-state index in [2.05, 4.69) is 222 Å². The van der Waals surface area contributed by atoms with Gasteiger partial charge >= 0.3 is 0 Å². The van der Waals surface area contributed by atoms with Crippen LogP contribution in [0, 0.1) is 0 Å². The van der Waals surface area contributed by atoms with Gasteiger partial charge in [0.15, 0.2) is 5.84 Å². The average molecular weight is 899 g/mol. The lowest BCUT2D eigenvalue weighted by Gasteiger charge is -2.24. The van der Waals surface area contributed by atoms with Gasteiger partial charge in [-0.25, -0.2) is 9.98 Å². The lowest BCUT2D eigenvalue weighted by atomic mass is 9.79. The lowest BCUT2D eigenvalue weighted by Crippen LogP contribution is -2.16. The fraction of sp³-hybridized carbons (Fsp3) is 0.206. The molecular formula is C63H50N2S2. The molecule has 4 heteroatoms. The second kappa shape index (κ2) is 14.4. The standard InChI is InChI=1S/C63H50N2S2/c1-35-16-21-55(36-12-8-6-9-13-36)64-61(65-60(35)37-14-10-7-11-15-37)42-27-40(38-17-19-43-45-31-47-49(58-24-22-56(47)66-58)33-53(45)62(2,3)51(43)29-38)26-41(28-42)39-18-20-44-46-32-48-50(59-25-23-57(48)67-59)34-54(46)63(4,5)52(44)30-39/h6-15,17-20,22-34,56-59H,16,21H2,1-5H3/b60-35-,64-55+,65-61-. The van der Waals surface area contributed by atoms with Crippen molar-refractivity contribution in [1.29, 1.82) is 0 Å². The highest BCUT2D eigenvalue weighted by atomic mass is 32.2. The number of nitrogens with zero attached hydrogens (tertiary/aromatic N) is 2. The molecular weight excluding hydrogens is 849 g/mol. The Morgan fingerprint density at radius 3 is 1.36 bits per heavy atom. The van der Waals surface area contributed by atoms with Crippen molar-refractivity contribution in [3.63, 3.8) is 0 Å². The van der Waals surface area contributed by atoms with Gasteiger partial charge in [-0.05, 0) is 162 Å². The minimum absolute atomic E-state index is 0.132. The molecule has 4 bridgehead atoms. The first kappa shape index (κ1) is 39.9. The summed E-state index contributed by atoms with van der Waals surface area (Å²) in [5.74, 6) is 0.744. The zero-order chi connectivity index (χ0) is 44.9. The summed E-state index contributed by atoms with van der Waals surface area (Å²) in [5.41, 5.74) is 28.4. The van der Waals surface area contributed by atoms with Gasteiger partial charge in [0.1, 0.15) is 0 Å². The van der Waals surface area contributed by atoms with Crippen molar-refractivity contribution in [1.82, 2.24) is 0 Å². The van der Waals surface area contributed by atoms with Gasteiger partial charge in [0, 0.05) is 43.0 Å². The number of amidine groups is 1. The molecule has 0 N–H and O–H groups in total. The first-order chi connectivity index (χ1) is 32.6. The maximum absolute atomic E-state index is 5.61. The van der Waals surface area contributed by atoms with E-state index in [1.165, 1.54) is 94.6 Å². The number of benzene rings is 7. The normalized spacial score (nSPS) is 25.0. The zero-order valence-electron chi connectivity index (χ0n) is 38.5. The summed E-state index contributed by atoms with van der Waals surface area (Å²) in [6.07, 6.45) is 11.3. The zero-order valence-corrected chi connectivity index (χ0v) is 40.2. The van der Waals surface area contributed by atoms with Crippen LogP contribution in [0.25, 0.3) is 50.2 Å². The van der Waals surface area contributed by atoms with Gasteiger partial charge < -0.3 is 0 Å².